The van der Waals surface area contributed by atoms with Crippen LogP contribution in [-0.2, 0) is 104 Å². The second kappa shape index (κ2) is 34.4. The van der Waals surface area contributed by atoms with Crippen molar-refractivity contribution in [1.29, 1.82) is 0 Å². The number of hydrogen-bond donors (Lipinski definition) is 4. The van der Waals surface area contributed by atoms with E-state index in [2.05, 4.69) is 88.0 Å². The molecule has 5 aliphatic rings. The predicted octanol–water partition coefficient (Wildman–Crippen LogP) is 12.3. The molecule has 7 aromatic heterocycles. The van der Waals surface area contributed by atoms with Crippen molar-refractivity contribution < 1.29 is 36.8 Å². The number of pyridine rings is 6. The summed E-state index contributed by atoms with van der Waals surface area (Å²) in [6.45, 7) is 9.78. The van der Waals surface area contributed by atoms with E-state index in [1.165, 1.54) is 69.9 Å². The van der Waals surface area contributed by atoms with Gasteiger partial charge in [-0.05, 0) is 229 Å². The molecule has 12 aromatic rings. The zero-order valence-electron chi connectivity index (χ0n) is 63.0. The summed E-state index contributed by atoms with van der Waals surface area (Å²) < 4.78 is 44.9. The minimum Gasteiger partial charge on any atom is -0.463 e. The molecule has 5 aliphatic heterocycles. The third-order valence-corrected chi connectivity index (χ3v) is 20.6. The fourth-order valence-electron chi connectivity index (χ4n) is 14.2. The Bertz CT molecular complexity index is 5400. The zero-order valence-corrected chi connectivity index (χ0v) is 63.0. The van der Waals surface area contributed by atoms with E-state index in [0.717, 1.165) is 71.7 Å². The SMILES string of the molecule is CN(C)Cc1ccc2c(c1)CN(C(=O)Cc1nc(-c3ccc(F)cc3)ccc1N)C2.CN1CCN(c2ccc3c(c2)CN(C(=O)Cc2nc(-c4ccc(F)cc4)ccc2N)C3)CC1.Nc1ccc(-c2ccc(F)cc2)nc1CC(=O)N1Cc2ccncc2C1.Nc1ccc(-c2ccco2)nc1CC(=O)N1Cc2ccncc2C1. The lowest BCUT2D eigenvalue weighted by Gasteiger charge is -2.34. The lowest BCUT2D eigenvalue weighted by atomic mass is 10.1. The number of likely N-dealkylation sites (N-methyl/N-ethyl adjacent to an activating group) is 1. The number of aromatic nitrogens is 6. The Hall–Kier alpha value is -13.1. The molecule has 0 spiro atoms. The van der Waals surface area contributed by atoms with Crippen LogP contribution in [0.15, 0.2) is 217 Å². The molecule has 12 heterocycles. The van der Waals surface area contributed by atoms with Gasteiger partial charge in [-0.1, -0.05) is 24.3 Å². The molecule has 113 heavy (non-hydrogen) atoms. The highest BCUT2D eigenvalue weighted by Gasteiger charge is 2.30. The summed E-state index contributed by atoms with van der Waals surface area (Å²) in [4.78, 5) is 92.0. The Balaban J connectivity index is 0.000000126. The Morgan fingerprint density at radius 1 is 0.398 bits per heavy atom. The molecule has 1 fully saturated rings. The van der Waals surface area contributed by atoms with E-state index < -0.39 is 0 Å². The van der Waals surface area contributed by atoms with Gasteiger partial charge in [-0.3, -0.25) is 44.1 Å². The summed E-state index contributed by atoms with van der Waals surface area (Å²) in [5, 5.41) is 0. The van der Waals surface area contributed by atoms with Gasteiger partial charge in [0.1, 0.15) is 23.1 Å². The molecule has 0 radical (unpaired) electrons. The lowest BCUT2D eigenvalue weighted by molar-refractivity contribution is -0.131. The van der Waals surface area contributed by atoms with E-state index >= 15 is 0 Å². The zero-order chi connectivity index (χ0) is 78.8. The normalized spacial score (nSPS) is 13.9. The summed E-state index contributed by atoms with van der Waals surface area (Å²) in [7, 11) is 6.24. The van der Waals surface area contributed by atoms with Crippen LogP contribution in [0.25, 0.3) is 45.2 Å². The van der Waals surface area contributed by atoms with Gasteiger partial charge in [-0.2, -0.15) is 0 Å². The number of amides is 4. The third-order valence-electron chi connectivity index (χ3n) is 20.6. The first kappa shape index (κ1) is 76.6. The fraction of sp³-hybridized carbons (Fsp3) is 0.227. The van der Waals surface area contributed by atoms with Crippen molar-refractivity contribution in [1.82, 2.24) is 59.3 Å². The van der Waals surface area contributed by atoms with Crippen molar-refractivity contribution in [2.75, 3.05) is 75.2 Å². The standard InChI is InChI=1S/C26H28FN5O.C24H25FN4O.C20H17FN4O.C18H16N4O2/c1-30-10-12-31(13-11-30)22-7-4-19-16-32(17-20(19)14-22)26(33)15-25-23(28)8-9-24(29-25)18-2-5-21(27)6-3-18;1-28(2)13-16-3-4-18-14-29(15-19(18)11-16)24(30)12-23-21(26)9-10-22(27-23)17-5-7-20(25)8-6-17;21-16-3-1-13(2-4-16)18-6-5-17(22)19(24-18)9-20(26)25-11-14-7-8-23-10-15(14)12-25;19-14-3-4-15(17-2-1-7-24-17)21-16(14)8-18(23)22-10-12-5-6-20-9-13(12)11-22/h2-9,14H,10-13,15-17,28H2,1H3;3-11H,12-15,26H2,1-2H3;1-8,10H,9,11-12,22H2;1-7,9H,8,10-11,19H2. The monoisotopic (exact) mass is 1520 g/mol. The van der Waals surface area contributed by atoms with Gasteiger partial charge in [0.2, 0.25) is 23.6 Å². The van der Waals surface area contributed by atoms with Gasteiger partial charge in [-0.25, -0.2) is 18.2 Å². The molecule has 0 aliphatic carbocycles. The minimum absolute atomic E-state index is 0.00185. The first-order valence-electron chi connectivity index (χ1n) is 37.2. The number of furan rings is 1. The predicted molar refractivity (Wildman–Crippen MR) is 429 cm³/mol. The second-order valence-corrected chi connectivity index (χ2v) is 29.0. The Labute approximate surface area is 653 Å². The van der Waals surface area contributed by atoms with Gasteiger partial charge >= 0.3 is 0 Å². The molecule has 0 unspecified atom stereocenters. The Kier molecular flexibility index (Phi) is 23.3. The van der Waals surface area contributed by atoms with E-state index in [1.54, 1.807) is 126 Å². The molecular weight excluding hydrogens is 1430 g/mol. The Morgan fingerprint density at radius 2 is 0.752 bits per heavy atom. The van der Waals surface area contributed by atoms with Gasteiger partial charge in [0.25, 0.3) is 0 Å². The number of halogens is 3. The summed E-state index contributed by atoms with van der Waals surface area (Å²) in [5.41, 5.74) is 45.1. The van der Waals surface area contributed by atoms with Gasteiger partial charge in [0.05, 0.1) is 94.6 Å². The maximum absolute atomic E-state index is 13.3. The van der Waals surface area contributed by atoms with Crippen molar-refractivity contribution >= 4 is 52.1 Å². The second-order valence-electron chi connectivity index (χ2n) is 29.0. The number of hydrogen-bond acceptors (Lipinski definition) is 18. The molecule has 25 heteroatoms. The van der Waals surface area contributed by atoms with Crippen LogP contribution in [-0.4, -0.2) is 130 Å². The smallest absolute Gasteiger partial charge is 0.229 e. The van der Waals surface area contributed by atoms with E-state index in [0.29, 0.717) is 126 Å². The highest BCUT2D eigenvalue weighted by molar-refractivity contribution is 5.84. The quantitative estimate of drug-likeness (QED) is 0.0742. The largest absolute Gasteiger partial charge is 0.463 e. The number of nitrogen functional groups attached to an aromatic ring is 4. The number of anilines is 5. The number of piperazine rings is 1. The van der Waals surface area contributed by atoms with Crippen LogP contribution in [0, 0.1) is 17.5 Å². The molecule has 574 valence electrons. The highest BCUT2D eigenvalue weighted by atomic mass is 19.1. The van der Waals surface area contributed by atoms with E-state index in [-0.39, 0.29) is 66.8 Å². The van der Waals surface area contributed by atoms with Gasteiger partial charge in [0.15, 0.2) is 5.76 Å². The molecule has 1 saturated heterocycles. The average molecular weight is 1520 g/mol. The van der Waals surface area contributed by atoms with Crippen LogP contribution in [0.3, 0.4) is 0 Å². The van der Waals surface area contributed by atoms with Crippen molar-refractivity contribution in [2.24, 2.45) is 0 Å². The molecule has 22 nitrogen and oxygen atoms in total. The number of carbonyl (C=O) groups excluding carboxylic acids is 4. The van der Waals surface area contributed by atoms with E-state index in [4.69, 9.17) is 27.4 Å². The molecule has 5 aromatic carbocycles. The number of nitrogens with two attached hydrogens (primary N) is 4. The highest BCUT2D eigenvalue weighted by Crippen LogP contribution is 2.33. The topological polar surface area (TPSA) is 286 Å². The van der Waals surface area contributed by atoms with Crippen LogP contribution in [0.4, 0.5) is 41.6 Å². The van der Waals surface area contributed by atoms with Gasteiger partial charge < -0.3 is 61.7 Å². The number of fused-ring (bicyclic) bond motifs is 4. The van der Waals surface area contributed by atoms with E-state index in [1.807, 2.05) is 48.3 Å². The van der Waals surface area contributed by atoms with Crippen LogP contribution in [0.1, 0.15) is 72.8 Å². The van der Waals surface area contributed by atoms with Crippen LogP contribution < -0.4 is 27.8 Å². The minimum atomic E-state index is -0.303. The third kappa shape index (κ3) is 18.8. The number of carbonyl (C=O) groups is 4. The van der Waals surface area contributed by atoms with Gasteiger partial charge in [-0.15, -0.1) is 0 Å². The van der Waals surface area contributed by atoms with Crippen LogP contribution in [0.5, 0.6) is 0 Å². The molecule has 0 atom stereocenters. The summed E-state index contributed by atoms with van der Waals surface area (Å²) in [6, 6.07) is 53.0. The molecule has 17 rings (SSSR count). The van der Waals surface area contributed by atoms with Crippen molar-refractivity contribution in [3.8, 4) is 45.2 Å². The van der Waals surface area contributed by atoms with Crippen molar-refractivity contribution in [2.45, 2.75) is 84.6 Å². The van der Waals surface area contributed by atoms with Crippen LogP contribution >= 0.6 is 0 Å². The first-order valence-corrected chi connectivity index (χ1v) is 37.2. The number of benzene rings is 5. The van der Waals surface area contributed by atoms with Gasteiger partial charge in [0, 0.05) is 132 Å². The van der Waals surface area contributed by atoms with Crippen LogP contribution in [0.2, 0.25) is 0 Å². The summed E-state index contributed by atoms with van der Waals surface area (Å²) in [5.74, 6) is -0.274. The molecule has 8 N–H and O–H groups in total. The van der Waals surface area contributed by atoms with Crippen molar-refractivity contribution in [3.05, 3.63) is 303 Å². The Morgan fingerprint density at radius 3 is 1.13 bits per heavy atom. The number of rotatable bonds is 15. The number of nitrogens with zero attached hydrogens (tertiary/aromatic N) is 13. The maximum Gasteiger partial charge on any atom is 0.229 e. The average Bonchev–Trinajstić information content (AvgIpc) is 1.77. The summed E-state index contributed by atoms with van der Waals surface area (Å²) in [6.07, 6.45) is 9.26. The first-order chi connectivity index (χ1) is 54.6. The summed E-state index contributed by atoms with van der Waals surface area (Å²) >= 11 is 0. The molecular formula is C88H86F3N17O5. The maximum atomic E-state index is 13.3. The lowest BCUT2D eigenvalue weighted by Crippen LogP contribution is -2.44. The van der Waals surface area contributed by atoms with Crippen molar-refractivity contribution in [3.63, 3.8) is 0 Å². The fourth-order valence-corrected chi connectivity index (χ4v) is 14.2. The molecule has 0 saturated carbocycles. The molecule has 4 amide bonds. The molecule has 0 bridgehead atoms. The van der Waals surface area contributed by atoms with E-state index in [9.17, 15) is 32.3 Å².